The molecule has 4 rings (SSSR count). The fourth-order valence-corrected chi connectivity index (χ4v) is 4.31. The van der Waals surface area contributed by atoms with Crippen molar-refractivity contribution < 1.29 is 4.74 Å². The predicted molar refractivity (Wildman–Crippen MR) is 124 cm³/mol. The Kier molecular flexibility index (Phi) is 6.64. The third-order valence-electron chi connectivity index (χ3n) is 5.43. The molecule has 0 saturated carbocycles. The lowest BCUT2D eigenvalue weighted by molar-refractivity contribution is -0.0645. The maximum Gasteiger partial charge on any atom is 0.248 e. The van der Waals surface area contributed by atoms with E-state index in [1.165, 1.54) is 0 Å². The van der Waals surface area contributed by atoms with Crippen molar-refractivity contribution in [3.8, 4) is 0 Å². The fraction of sp³-hybridized carbons (Fsp3) is 0.348. The van der Waals surface area contributed by atoms with Gasteiger partial charge in [-0.1, -0.05) is 48.3 Å². The summed E-state index contributed by atoms with van der Waals surface area (Å²) in [6, 6.07) is 15.3. The predicted octanol–water partition coefficient (Wildman–Crippen LogP) is 5.08. The Balaban J connectivity index is 1.55. The molecule has 158 valence electrons. The summed E-state index contributed by atoms with van der Waals surface area (Å²) < 4.78 is 6.25. The highest BCUT2D eigenvalue weighted by molar-refractivity contribution is 6.43. The molecule has 2 aromatic carbocycles. The van der Waals surface area contributed by atoms with E-state index < -0.39 is 0 Å². The summed E-state index contributed by atoms with van der Waals surface area (Å²) in [5, 5.41) is 2.18. The molecule has 0 bridgehead atoms. The average Bonchev–Trinajstić information content (AvgIpc) is 2.76. The van der Waals surface area contributed by atoms with Crippen LogP contribution in [-0.4, -0.2) is 42.7 Å². The molecule has 30 heavy (non-hydrogen) atoms. The maximum atomic E-state index is 11.7. The van der Waals surface area contributed by atoms with E-state index in [1.54, 1.807) is 6.07 Å². The van der Waals surface area contributed by atoms with Crippen LogP contribution < -0.4 is 10.5 Å². The number of hydrogen-bond donors (Lipinski definition) is 1. The number of halogens is 2. The molecule has 2 heterocycles. The number of piperazine rings is 1. The van der Waals surface area contributed by atoms with Crippen molar-refractivity contribution in [2.75, 3.05) is 37.7 Å². The Hall–Kier alpha value is -2.05. The fourth-order valence-electron chi connectivity index (χ4n) is 3.90. The Labute approximate surface area is 186 Å². The third-order valence-corrected chi connectivity index (χ3v) is 6.24. The number of hydrogen-bond acceptors (Lipinski definition) is 4. The summed E-state index contributed by atoms with van der Waals surface area (Å²) in [5.74, 6) is 0. The number of fused-ring (bicyclic) bond motifs is 1. The summed E-state index contributed by atoms with van der Waals surface area (Å²) >= 11 is 12.6. The number of benzene rings is 2. The minimum Gasteiger partial charge on any atom is -0.368 e. The van der Waals surface area contributed by atoms with E-state index in [4.69, 9.17) is 27.9 Å². The van der Waals surface area contributed by atoms with Crippen molar-refractivity contribution in [2.45, 2.75) is 19.6 Å². The van der Waals surface area contributed by atoms with E-state index >= 15 is 0 Å². The lowest BCUT2D eigenvalue weighted by Gasteiger charge is -2.40. The first-order chi connectivity index (χ1) is 14.6. The van der Waals surface area contributed by atoms with Gasteiger partial charge in [-0.25, -0.2) is 0 Å². The van der Waals surface area contributed by atoms with Crippen LogP contribution >= 0.6 is 23.2 Å². The van der Waals surface area contributed by atoms with Crippen molar-refractivity contribution in [3.63, 3.8) is 0 Å². The zero-order chi connectivity index (χ0) is 21.1. The number of aromatic amines is 1. The molecule has 0 radical (unpaired) electrons. The topological polar surface area (TPSA) is 48.6 Å². The van der Waals surface area contributed by atoms with Gasteiger partial charge in [-0.3, -0.25) is 9.69 Å². The highest BCUT2D eigenvalue weighted by Gasteiger charge is 2.27. The number of aromatic nitrogens is 1. The van der Waals surface area contributed by atoms with Crippen LogP contribution in [0.4, 0.5) is 5.69 Å². The summed E-state index contributed by atoms with van der Waals surface area (Å²) in [6.07, 6.45) is 0.786. The van der Waals surface area contributed by atoms with Crippen molar-refractivity contribution in [1.82, 2.24) is 9.88 Å². The molecule has 1 saturated heterocycles. The number of anilines is 1. The van der Waals surface area contributed by atoms with Gasteiger partial charge in [0.15, 0.2) is 0 Å². The zero-order valence-electron chi connectivity index (χ0n) is 16.9. The van der Waals surface area contributed by atoms with E-state index in [9.17, 15) is 4.79 Å². The van der Waals surface area contributed by atoms with Gasteiger partial charge in [-0.2, -0.15) is 0 Å². The first kappa shape index (κ1) is 21.2. The molecule has 7 heteroatoms. The van der Waals surface area contributed by atoms with E-state index in [1.807, 2.05) is 36.4 Å². The van der Waals surface area contributed by atoms with Gasteiger partial charge in [0, 0.05) is 44.4 Å². The van der Waals surface area contributed by atoms with Crippen LogP contribution in [0, 0.1) is 0 Å². The smallest absolute Gasteiger partial charge is 0.248 e. The summed E-state index contributed by atoms with van der Waals surface area (Å²) in [6.45, 7) is 6.11. The van der Waals surface area contributed by atoms with Gasteiger partial charge in [0.2, 0.25) is 5.56 Å². The number of rotatable bonds is 6. The second-order valence-electron chi connectivity index (χ2n) is 7.49. The van der Waals surface area contributed by atoms with Crippen LogP contribution in [0.1, 0.15) is 25.1 Å². The highest BCUT2D eigenvalue weighted by atomic mass is 35.5. The number of nitrogens with one attached hydrogen (secondary N) is 1. The summed E-state index contributed by atoms with van der Waals surface area (Å²) in [4.78, 5) is 19.3. The van der Waals surface area contributed by atoms with Crippen molar-refractivity contribution >= 4 is 39.8 Å². The maximum absolute atomic E-state index is 11.7. The molecule has 3 aromatic rings. The number of ether oxygens (including phenoxy) is 1. The molecule has 1 atom stereocenters. The molecule has 0 amide bonds. The molecule has 1 unspecified atom stereocenters. The molecular weight excluding hydrogens is 421 g/mol. The van der Waals surface area contributed by atoms with E-state index in [0.29, 0.717) is 16.7 Å². The lowest BCUT2D eigenvalue weighted by atomic mass is 10.1. The van der Waals surface area contributed by atoms with E-state index in [0.717, 1.165) is 54.8 Å². The molecule has 0 spiro atoms. The minimum absolute atomic E-state index is 0.0994. The molecule has 5 nitrogen and oxygen atoms in total. The van der Waals surface area contributed by atoms with Crippen LogP contribution in [0.15, 0.2) is 53.3 Å². The van der Waals surface area contributed by atoms with Crippen molar-refractivity contribution in [3.05, 3.63) is 74.5 Å². The van der Waals surface area contributed by atoms with Gasteiger partial charge in [-0.05, 0) is 41.6 Å². The second kappa shape index (κ2) is 9.40. The monoisotopic (exact) mass is 445 g/mol. The van der Waals surface area contributed by atoms with Gasteiger partial charge in [-0.15, -0.1) is 0 Å². The second-order valence-corrected chi connectivity index (χ2v) is 8.27. The lowest BCUT2D eigenvalue weighted by Crippen LogP contribution is -2.48. The number of nitrogens with zero attached hydrogens (tertiary/aromatic N) is 2. The standard InChI is InChI=1S/C23H25Cl2N3O2/c1-2-14-30-23(17-7-6-16-8-9-21(29)26-19(16)15-17)28-12-10-27(11-13-28)20-5-3-4-18(24)22(20)25/h3-9,15,23H,2,10-14H2,1H3,(H,26,29). The zero-order valence-corrected chi connectivity index (χ0v) is 18.4. The molecule has 1 aliphatic rings. The van der Waals surface area contributed by atoms with Gasteiger partial charge < -0.3 is 14.6 Å². The van der Waals surface area contributed by atoms with Gasteiger partial charge in [0.25, 0.3) is 0 Å². The van der Waals surface area contributed by atoms with Gasteiger partial charge in [0.05, 0.1) is 15.7 Å². The molecule has 0 aliphatic carbocycles. The normalized spacial score (nSPS) is 16.2. The summed E-state index contributed by atoms with van der Waals surface area (Å²) in [5.41, 5.74) is 2.75. The van der Waals surface area contributed by atoms with Crippen LogP contribution in [-0.2, 0) is 4.74 Å². The van der Waals surface area contributed by atoms with Gasteiger partial charge in [0.1, 0.15) is 6.23 Å². The van der Waals surface area contributed by atoms with Crippen molar-refractivity contribution in [2.24, 2.45) is 0 Å². The van der Waals surface area contributed by atoms with Crippen LogP contribution in [0.3, 0.4) is 0 Å². The Morgan fingerprint density at radius 3 is 2.60 bits per heavy atom. The quantitative estimate of drug-likeness (QED) is 0.574. The molecule has 1 fully saturated rings. The SMILES string of the molecule is CCCOC(c1ccc2ccc(=O)[nH]c2c1)N1CCN(c2cccc(Cl)c2Cl)CC1. The molecular formula is C23H25Cl2N3O2. The van der Waals surface area contributed by atoms with Gasteiger partial charge >= 0.3 is 0 Å². The van der Waals surface area contributed by atoms with E-state index in [2.05, 4.69) is 27.8 Å². The first-order valence-electron chi connectivity index (χ1n) is 10.2. The number of H-pyrrole nitrogens is 1. The van der Waals surface area contributed by atoms with Crippen LogP contribution in [0.25, 0.3) is 10.9 Å². The Morgan fingerprint density at radius 2 is 1.83 bits per heavy atom. The van der Waals surface area contributed by atoms with Crippen LogP contribution in [0.2, 0.25) is 10.0 Å². The Bertz CT molecular complexity index is 1080. The minimum atomic E-state index is -0.157. The Morgan fingerprint density at radius 1 is 1.07 bits per heavy atom. The first-order valence-corrected chi connectivity index (χ1v) is 11.0. The van der Waals surface area contributed by atoms with Crippen LogP contribution in [0.5, 0.6) is 0 Å². The average molecular weight is 446 g/mol. The highest BCUT2D eigenvalue weighted by Crippen LogP contribution is 2.34. The van der Waals surface area contributed by atoms with Crippen molar-refractivity contribution in [1.29, 1.82) is 0 Å². The summed E-state index contributed by atoms with van der Waals surface area (Å²) in [7, 11) is 0. The number of pyridine rings is 1. The third kappa shape index (κ3) is 4.49. The van der Waals surface area contributed by atoms with E-state index in [-0.39, 0.29) is 11.8 Å². The molecule has 1 aliphatic heterocycles. The molecule has 1 N–H and O–H groups in total. The molecule has 1 aromatic heterocycles. The largest absolute Gasteiger partial charge is 0.368 e.